The highest BCUT2D eigenvalue weighted by Gasteiger charge is 2.35. The van der Waals surface area contributed by atoms with E-state index in [0.29, 0.717) is 29.9 Å². The Bertz CT molecular complexity index is 732. The first-order valence-electron chi connectivity index (χ1n) is 7.70. The van der Waals surface area contributed by atoms with E-state index in [0.717, 1.165) is 23.6 Å². The van der Waals surface area contributed by atoms with E-state index in [1.807, 2.05) is 31.2 Å². The quantitative estimate of drug-likeness (QED) is 0.643. The predicted molar refractivity (Wildman–Crippen MR) is 82.9 cm³/mol. The Morgan fingerprint density at radius 1 is 1.05 bits per heavy atom. The average Bonchev–Trinajstić information content (AvgIpc) is 3.23. The van der Waals surface area contributed by atoms with Crippen LogP contribution in [0.5, 0.6) is 0 Å². The van der Waals surface area contributed by atoms with Crippen molar-refractivity contribution >= 4 is 22.6 Å². The maximum absolute atomic E-state index is 12.6. The van der Waals surface area contributed by atoms with Crippen LogP contribution in [-0.2, 0) is 4.74 Å². The van der Waals surface area contributed by atoms with Crippen molar-refractivity contribution in [2.45, 2.75) is 32.0 Å². The van der Waals surface area contributed by atoms with E-state index in [9.17, 15) is 9.59 Å². The molecule has 4 heteroatoms. The summed E-state index contributed by atoms with van der Waals surface area (Å²) in [6.07, 6.45) is 2.29. The van der Waals surface area contributed by atoms with E-state index in [4.69, 9.17) is 4.74 Å². The Kier molecular flexibility index (Phi) is 3.01. The lowest BCUT2D eigenvalue weighted by Gasteiger charge is -2.27. The van der Waals surface area contributed by atoms with Gasteiger partial charge in [0.1, 0.15) is 0 Å². The van der Waals surface area contributed by atoms with E-state index in [1.165, 1.54) is 4.90 Å². The van der Waals surface area contributed by atoms with Gasteiger partial charge >= 0.3 is 0 Å². The summed E-state index contributed by atoms with van der Waals surface area (Å²) < 4.78 is 5.37. The molecule has 0 saturated carbocycles. The molecule has 2 aromatic rings. The third kappa shape index (κ3) is 2.03. The third-order valence-electron chi connectivity index (χ3n) is 4.56. The molecular weight excluding hydrogens is 278 g/mol. The second-order valence-corrected chi connectivity index (χ2v) is 5.99. The number of ether oxygens (including phenoxy) is 1. The van der Waals surface area contributed by atoms with Gasteiger partial charge < -0.3 is 4.74 Å². The van der Waals surface area contributed by atoms with Gasteiger partial charge in [-0.2, -0.15) is 0 Å². The molecule has 0 aromatic heterocycles. The van der Waals surface area contributed by atoms with Crippen LogP contribution in [0.3, 0.4) is 0 Å². The van der Waals surface area contributed by atoms with Gasteiger partial charge in [-0.15, -0.1) is 0 Å². The number of carbonyl (C=O) groups excluding carboxylic acids is 2. The van der Waals surface area contributed by atoms with Gasteiger partial charge in [0.15, 0.2) is 0 Å². The van der Waals surface area contributed by atoms with Crippen LogP contribution in [0.2, 0.25) is 0 Å². The molecule has 2 aliphatic heterocycles. The van der Waals surface area contributed by atoms with E-state index < -0.39 is 0 Å². The van der Waals surface area contributed by atoms with Crippen LogP contribution < -0.4 is 0 Å². The fourth-order valence-electron chi connectivity index (χ4n) is 3.27. The first kappa shape index (κ1) is 13.5. The Balaban J connectivity index is 1.63. The number of amides is 2. The minimum atomic E-state index is -0.181. The third-order valence-corrected chi connectivity index (χ3v) is 4.56. The number of hydrogen-bond acceptors (Lipinski definition) is 3. The van der Waals surface area contributed by atoms with Crippen molar-refractivity contribution in [1.82, 2.24) is 4.90 Å². The summed E-state index contributed by atoms with van der Waals surface area (Å²) in [5.74, 6) is -0.363. The molecule has 0 radical (unpaired) electrons. The van der Waals surface area contributed by atoms with Crippen molar-refractivity contribution < 1.29 is 14.3 Å². The topological polar surface area (TPSA) is 49.9 Å². The molecule has 1 saturated heterocycles. The minimum Gasteiger partial charge on any atom is -0.370 e. The first-order valence-corrected chi connectivity index (χ1v) is 7.70. The average molecular weight is 295 g/mol. The van der Waals surface area contributed by atoms with Gasteiger partial charge in [0, 0.05) is 23.1 Å². The zero-order valence-electron chi connectivity index (χ0n) is 12.4. The summed E-state index contributed by atoms with van der Waals surface area (Å²) in [7, 11) is 0. The summed E-state index contributed by atoms with van der Waals surface area (Å²) >= 11 is 0. The Labute approximate surface area is 128 Å². The largest absolute Gasteiger partial charge is 0.370 e. The van der Waals surface area contributed by atoms with Crippen LogP contribution in [0, 0.1) is 0 Å². The highest BCUT2D eigenvalue weighted by Crippen LogP contribution is 2.31. The van der Waals surface area contributed by atoms with E-state index in [-0.39, 0.29) is 11.8 Å². The fraction of sp³-hybridized carbons (Fsp3) is 0.333. The Morgan fingerprint density at radius 2 is 1.64 bits per heavy atom. The maximum Gasteiger partial charge on any atom is 0.261 e. The van der Waals surface area contributed by atoms with Gasteiger partial charge in [0.2, 0.25) is 0 Å². The summed E-state index contributed by atoms with van der Waals surface area (Å²) in [5.41, 5.74) is 1.26. The van der Waals surface area contributed by atoms with Crippen LogP contribution in [0.15, 0.2) is 36.4 Å². The molecule has 2 heterocycles. The second kappa shape index (κ2) is 4.92. The standard InChI is InChI=1S/C18H17NO3/c1-11-15(22-11)9-4-10-19-17(20)13-7-2-5-12-6-3-8-14(16(12)13)18(19)21/h2-3,5-8,11,15H,4,9-10H2,1H3. The van der Waals surface area contributed by atoms with Gasteiger partial charge in [0.05, 0.1) is 12.2 Å². The van der Waals surface area contributed by atoms with Crippen LogP contribution in [-0.4, -0.2) is 35.5 Å². The first-order chi connectivity index (χ1) is 10.7. The van der Waals surface area contributed by atoms with Gasteiger partial charge in [-0.3, -0.25) is 14.5 Å². The number of carbonyl (C=O) groups is 2. The number of nitrogens with zero attached hydrogens (tertiary/aromatic N) is 1. The maximum atomic E-state index is 12.6. The lowest BCUT2D eigenvalue weighted by molar-refractivity contribution is 0.0607. The van der Waals surface area contributed by atoms with E-state index in [2.05, 4.69) is 0 Å². The fourth-order valence-corrected chi connectivity index (χ4v) is 3.27. The molecule has 112 valence electrons. The second-order valence-electron chi connectivity index (χ2n) is 5.99. The molecular formula is C18H17NO3. The number of rotatable bonds is 4. The molecule has 4 rings (SSSR count). The van der Waals surface area contributed by atoms with Crippen molar-refractivity contribution in [2.75, 3.05) is 6.54 Å². The van der Waals surface area contributed by atoms with Crippen molar-refractivity contribution in [1.29, 1.82) is 0 Å². The zero-order chi connectivity index (χ0) is 15.3. The van der Waals surface area contributed by atoms with Crippen LogP contribution in [0.25, 0.3) is 10.8 Å². The molecule has 0 bridgehead atoms. The molecule has 2 amide bonds. The SMILES string of the molecule is CC1OC1CCCN1C(=O)c2cccc3cccc(c23)C1=O. The number of imide groups is 1. The molecule has 2 aromatic carbocycles. The molecule has 2 unspecified atom stereocenters. The van der Waals surface area contributed by atoms with Gasteiger partial charge in [-0.1, -0.05) is 24.3 Å². The number of hydrogen-bond donors (Lipinski definition) is 0. The molecule has 4 nitrogen and oxygen atoms in total. The smallest absolute Gasteiger partial charge is 0.261 e. The van der Waals surface area contributed by atoms with E-state index in [1.54, 1.807) is 12.1 Å². The van der Waals surface area contributed by atoms with Crippen LogP contribution in [0.1, 0.15) is 40.5 Å². The zero-order valence-corrected chi connectivity index (χ0v) is 12.4. The number of epoxide rings is 1. The molecule has 2 atom stereocenters. The summed E-state index contributed by atoms with van der Waals surface area (Å²) in [5, 5.41) is 1.73. The highest BCUT2D eigenvalue weighted by molar-refractivity contribution is 6.25. The summed E-state index contributed by atoms with van der Waals surface area (Å²) in [4.78, 5) is 26.7. The van der Waals surface area contributed by atoms with Crippen LogP contribution in [0.4, 0.5) is 0 Å². The molecule has 0 spiro atoms. The van der Waals surface area contributed by atoms with Crippen LogP contribution >= 0.6 is 0 Å². The lowest BCUT2D eigenvalue weighted by atomic mass is 9.94. The monoisotopic (exact) mass is 295 g/mol. The van der Waals surface area contributed by atoms with E-state index >= 15 is 0 Å². The highest BCUT2D eigenvalue weighted by atomic mass is 16.6. The van der Waals surface area contributed by atoms with Gasteiger partial charge in [-0.05, 0) is 37.3 Å². The summed E-state index contributed by atoms with van der Waals surface area (Å²) in [6.45, 7) is 2.49. The van der Waals surface area contributed by atoms with Gasteiger partial charge in [0.25, 0.3) is 11.8 Å². The number of benzene rings is 2. The van der Waals surface area contributed by atoms with Crippen molar-refractivity contribution in [3.8, 4) is 0 Å². The van der Waals surface area contributed by atoms with Crippen molar-refractivity contribution in [2.24, 2.45) is 0 Å². The Morgan fingerprint density at radius 3 is 2.18 bits per heavy atom. The molecule has 0 N–H and O–H groups in total. The molecule has 0 aliphatic carbocycles. The lowest BCUT2D eigenvalue weighted by Crippen LogP contribution is -2.40. The van der Waals surface area contributed by atoms with Gasteiger partial charge in [-0.25, -0.2) is 0 Å². The molecule has 1 fully saturated rings. The molecule has 2 aliphatic rings. The predicted octanol–water partition coefficient (Wildman–Crippen LogP) is 3.00. The van der Waals surface area contributed by atoms with Crippen molar-refractivity contribution in [3.63, 3.8) is 0 Å². The molecule has 22 heavy (non-hydrogen) atoms. The Hall–Kier alpha value is -2.20. The normalized spacial score (nSPS) is 23.2. The van der Waals surface area contributed by atoms with Crippen molar-refractivity contribution in [3.05, 3.63) is 47.5 Å². The minimum absolute atomic E-state index is 0.181. The summed E-state index contributed by atoms with van der Waals surface area (Å²) in [6, 6.07) is 11.2.